The van der Waals surface area contributed by atoms with Crippen LogP contribution < -0.4 is 10.6 Å². The van der Waals surface area contributed by atoms with E-state index in [1.165, 1.54) is 0 Å². The van der Waals surface area contributed by atoms with Crippen LogP contribution in [0.3, 0.4) is 0 Å². The molecule has 1 aliphatic heterocycles. The maximum absolute atomic E-state index is 13.1. The molecule has 1 aromatic heterocycles. The number of aryl methyl sites for hydroxylation is 1. The molecule has 136 valence electrons. The lowest BCUT2D eigenvalue weighted by atomic mass is 9.80. The first kappa shape index (κ1) is 17.0. The summed E-state index contributed by atoms with van der Waals surface area (Å²) in [5, 5.41) is 16.9. The zero-order valence-corrected chi connectivity index (χ0v) is 15.2. The summed E-state index contributed by atoms with van der Waals surface area (Å²) < 4.78 is 0. The molecule has 26 heavy (non-hydrogen) atoms. The number of hydrogen-bond donors (Lipinski definition) is 2. The van der Waals surface area contributed by atoms with Crippen molar-refractivity contribution in [3.8, 4) is 6.07 Å². The highest BCUT2D eigenvalue weighted by atomic mass is 32.1. The summed E-state index contributed by atoms with van der Waals surface area (Å²) in [4.78, 5) is 40.1. The molecule has 0 aromatic carbocycles. The van der Waals surface area contributed by atoms with Crippen molar-refractivity contribution >= 4 is 29.2 Å². The Balaban J connectivity index is 1.53. The van der Waals surface area contributed by atoms with Gasteiger partial charge in [0.15, 0.2) is 0 Å². The molecule has 1 atom stereocenters. The van der Waals surface area contributed by atoms with Gasteiger partial charge in [-0.15, -0.1) is 11.3 Å². The summed E-state index contributed by atoms with van der Waals surface area (Å²) in [5.74, 6) is -0.829. The lowest BCUT2D eigenvalue weighted by molar-refractivity contribution is -0.136. The van der Waals surface area contributed by atoms with Gasteiger partial charge >= 0.3 is 6.03 Å². The average molecular weight is 372 g/mol. The lowest BCUT2D eigenvalue weighted by Gasteiger charge is -2.31. The number of amides is 4. The van der Waals surface area contributed by atoms with Crippen LogP contribution in [0.2, 0.25) is 0 Å². The van der Waals surface area contributed by atoms with E-state index in [-0.39, 0.29) is 12.5 Å². The molecule has 8 heteroatoms. The van der Waals surface area contributed by atoms with Gasteiger partial charge in [0.05, 0.1) is 6.07 Å². The van der Waals surface area contributed by atoms with Crippen LogP contribution >= 0.6 is 11.3 Å². The van der Waals surface area contributed by atoms with Gasteiger partial charge in [-0.1, -0.05) is 0 Å². The number of nitriles is 1. The van der Waals surface area contributed by atoms with Gasteiger partial charge in [-0.2, -0.15) is 5.26 Å². The van der Waals surface area contributed by atoms with Crippen molar-refractivity contribution in [3.05, 3.63) is 21.9 Å². The first-order valence-corrected chi connectivity index (χ1v) is 9.81. The molecule has 2 aliphatic carbocycles. The normalized spacial score (nSPS) is 26.5. The monoisotopic (exact) mass is 372 g/mol. The molecule has 0 unspecified atom stereocenters. The molecule has 0 radical (unpaired) electrons. The molecule has 2 fully saturated rings. The third-order valence-electron chi connectivity index (χ3n) is 5.69. The van der Waals surface area contributed by atoms with Gasteiger partial charge < -0.3 is 10.6 Å². The molecule has 1 spiro atoms. The largest absolute Gasteiger partial charge is 0.336 e. The summed E-state index contributed by atoms with van der Waals surface area (Å²) in [6.07, 6.45) is 5.26. The topological polar surface area (TPSA) is 102 Å². The fourth-order valence-electron chi connectivity index (χ4n) is 4.38. The van der Waals surface area contributed by atoms with Crippen molar-refractivity contribution in [2.45, 2.75) is 56.0 Å². The Hall–Kier alpha value is -2.40. The Kier molecular flexibility index (Phi) is 3.99. The number of imide groups is 1. The highest BCUT2D eigenvalue weighted by Gasteiger charge is 2.54. The molecule has 0 bridgehead atoms. The molecule has 3 aliphatic rings. The summed E-state index contributed by atoms with van der Waals surface area (Å²) in [6, 6.07) is 3.54. The number of nitrogens with zero attached hydrogens (tertiary/aromatic N) is 2. The summed E-state index contributed by atoms with van der Waals surface area (Å²) in [7, 11) is 0. The molecule has 2 N–H and O–H groups in total. The van der Waals surface area contributed by atoms with Crippen molar-refractivity contribution in [1.29, 1.82) is 5.26 Å². The highest BCUT2D eigenvalue weighted by Crippen LogP contribution is 2.42. The highest BCUT2D eigenvalue weighted by molar-refractivity contribution is 7.10. The molecular formula is C18H20N4O3S. The van der Waals surface area contributed by atoms with E-state index in [0.29, 0.717) is 19.3 Å². The van der Waals surface area contributed by atoms with Crippen molar-refractivity contribution in [3.63, 3.8) is 0 Å². The Labute approximate surface area is 155 Å². The van der Waals surface area contributed by atoms with E-state index < -0.39 is 23.0 Å². The zero-order valence-electron chi connectivity index (χ0n) is 14.3. The van der Waals surface area contributed by atoms with E-state index in [1.807, 2.05) is 11.4 Å². The Bertz CT molecular complexity index is 821. The van der Waals surface area contributed by atoms with Gasteiger partial charge in [0, 0.05) is 10.4 Å². The minimum absolute atomic E-state index is 0.352. The Morgan fingerprint density at radius 3 is 2.81 bits per heavy atom. The number of thiophene rings is 1. The minimum Gasteiger partial charge on any atom is -0.336 e. The van der Waals surface area contributed by atoms with E-state index in [0.717, 1.165) is 41.0 Å². The van der Waals surface area contributed by atoms with E-state index in [1.54, 1.807) is 11.3 Å². The van der Waals surface area contributed by atoms with E-state index >= 15 is 0 Å². The van der Waals surface area contributed by atoms with Gasteiger partial charge in [0.2, 0.25) is 5.91 Å². The van der Waals surface area contributed by atoms with Crippen LogP contribution in [0.4, 0.5) is 4.79 Å². The van der Waals surface area contributed by atoms with E-state index in [4.69, 9.17) is 0 Å². The fourth-order valence-corrected chi connectivity index (χ4v) is 5.38. The van der Waals surface area contributed by atoms with Crippen LogP contribution in [0.1, 0.15) is 49.0 Å². The SMILES string of the molecule is N#CC1(NC(=O)CN2C(=O)N[C@@]3(CCCc4sccc43)C2=O)CCCC1. The number of fused-ring (bicyclic) bond motifs is 2. The quantitative estimate of drug-likeness (QED) is 0.790. The summed E-state index contributed by atoms with van der Waals surface area (Å²) in [5.41, 5.74) is -1.04. The maximum Gasteiger partial charge on any atom is 0.325 e. The molecule has 1 saturated heterocycles. The second-order valence-corrected chi connectivity index (χ2v) is 8.29. The van der Waals surface area contributed by atoms with Crippen molar-refractivity contribution in [1.82, 2.24) is 15.5 Å². The smallest absolute Gasteiger partial charge is 0.325 e. The number of nitrogens with one attached hydrogen (secondary N) is 2. The number of rotatable bonds is 3. The Morgan fingerprint density at radius 2 is 2.08 bits per heavy atom. The third-order valence-corrected chi connectivity index (χ3v) is 6.67. The molecule has 1 aromatic rings. The van der Waals surface area contributed by atoms with Crippen LogP contribution in [-0.2, 0) is 21.5 Å². The number of carbonyl (C=O) groups is 3. The predicted octanol–water partition coefficient (Wildman–Crippen LogP) is 1.78. The summed E-state index contributed by atoms with van der Waals surface area (Å²) >= 11 is 1.59. The molecule has 2 heterocycles. The Morgan fingerprint density at radius 1 is 1.31 bits per heavy atom. The van der Waals surface area contributed by atoms with Gasteiger partial charge in [0.1, 0.15) is 17.6 Å². The first-order chi connectivity index (χ1) is 12.5. The molecule has 1 saturated carbocycles. The molecule has 4 rings (SSSR count). The zero-order chi connectivity index (χ0) is 18.4. The van der Waals surface area contributed by atoms with Gasteiger partial charge in [-0.3, -0.25) is 14.5 Å². The van der Waals surface area contributed by atoms with Crippen LogP contribution in [0.25, 0.3) is 0 Å². The van der Waals surface area contributed by atoms with E-state index in [9.17, 15) is 19.6 Å². The second-order valence-electron chi connectivity index (χ2n) is 7.29. The first-order valence-electron chi connectivity index (χ1n) is 8.93. The second kappa shape index (κ2) is 6.09. The van der Waals surface area contributed by atoms with Crippen LogP contribution in [-0.4, -0.2) is 34.8 Å². The maximum atomic E-state index is 13.1. The van der Waals surface area contributed by atoms with Crippen molar-refractivity contribution < 1.29 is 14.4 Å². The fraction of sp³-hybridized carbons (Fsp3) is 0.556. The number of carbonyl (C=O) groups excluding carboxylic acids is 3. The standard InChI is InChI=1S/C18H20N4O3S/c19-11-17(6-1-2-7-17)20-14(23)10-22-15(24)18(21-16(22)25)8-3-4-13-12(18)5-9-26-13/h5,9H,1-4,6-8,10H2,(H,20,23)(H,21,25)/t18-/m1/s1. The van der Waals surface area contributed by atoms with Crippen molar-refractivity contribution in [2.75, 3.05) is 6.54 Å². The minimum atomic E-state index is -1.04. The average Bonchev–Trinajstić information content (AvgIpc) is 3.33. The van der Waals surface area contributed by atoms with Gasteiger partial charge in [0.25, 0.3) is 5.91 Å². The predicted molar refractivity (Wildman–Crippen MR) is 94.1 cm³/mol. The lowest BCUT2D eigenvalue weighted by Crippen LogP contribution is -2.50. The van der Waals surface area contributed by atoms with E-state index in [2.05, 4.69) is 16.7 Å². The van der Waals surface area contributed by atoms with Crippen LogP contribution in [0.5, 0.6) is 0 Å². The summed E-state index contributed by atoms with van der Waals surface area (Å²) in [6.45, 7) is -0.352. The number of urea groups is 1. The van der Waals surface area contributed by atoms with Crippen LogP contribution in [0.15, 0.2) is 11.4 Å². The van der Waals surface area contributed by atoms with Gasteiger partial charge in [-0.25, -0.2) is 4.79 Å². The molecule has 7 nitrogen and oxygen atoms in total. The third kappa shape index (κ3) is 2.50. The number of hydrogen-bond acceptors (Lipinski definition) is 5. The molecule has 4 amide bonds. The van der Waals surface area contributed by atoms with Gasteiger partial charge in [-0.05, 0) is 56.4 Å². The molecular weight excluding hydrogens is 352 g/mol. The van der Waals surface area contributed by atoms with Crippen LogP contribution in [0, 0.1) is 11.3 Å². The van der Waals surface area contributed by atoms with Crippen molar-refractivity contribution in [2.24, 2.45) is 0 Å².